The molecule has 0 aliphatic carbocycles. The van der Waals surface area contributed by atoms with Crippen LogP contribution >= 0.6 is 11.6 Å². The maximum atomic E-state index is 13.6. The molecule has 1 heterocycles. The van der Waals surface area contributed by atoms with Gasteiger partial charge >= 0.3 is 11.7 Å². The van der Waals surface area contributed by atoms with Gasteiger partial charge in [-0.1, -0.05) is 41.9 Å². The second-order valence-corrected chi connectivity index (χ2v) is 7.13. The number of nitrogens with zero attached hydrogens (tertiary/aromatic N) is 2. The molecule has 0 unspecified atom stereocenters. The Kier molecular flexibility index (Phi) is 5.68. The van der Waals surface area contributed by atoms with Crippen molar-refractivity contribution in [3.05, 3.63) is 99.2 Å². The lowest BCUT2D eigenvalue weighted by Crippen LogP contribution is -2.33. The molecule has 3 aromatic carbocycles. The third-order valence-electron chi connectivity index (χ3n) is 4.45. The predicted molar refractivity (Wildman–Crippen MR) is 114 cm³/mol. The van der Waals surface area contributed by atoms with Crippen molar-refractivity contribution in [1.29, 1.82) is 0 Å². The van der Waals surface area contributed by atoms with E-state index in [1.165, 1.54) is 41.8 Å². The summed E-state index contributed by atoms with van der Waals surface area (Å²) in [5.74, 6) is -1.41. The third-order valence-corrected chi connectivity index (χ3v) is 4.74. The van der Waals surface area contributed by atoms with Crippen molar-refractivity contribution in [3.63, 3.8) is 0 Å². The van der Waals surface area contributed by atoms with Gasteiger partial charge in [0.1, 0.15) is 22.6 Å². The van der Waals surface area contributed by atoms with Crippen LogP contribution in [0.15, 0.2) is 80.9 Å². The van der Waals surface area contributed by atoms with Crippen LogP contribution in [0.25, 0.3) is 11.0 Å². The Morgan fingerprint density at radius 2 is 1.90 bits per heavy atom. The minimum absolute atomic E-state index is 0.0938. The lowest BCUT2D eigenvalue weighted by Gasteiger charge is -2.10. The zero-order valence-corrected chi connectivity index (χ0v) is 17.1. The summed E-state index contributed by atoms with van der Waals surface area (Å²) in [6.07, 6.45) is 0. The first-order valence-corrected chi connectivity index (χ1v) is 9.68. The molecular formula is C23H16ClFN2O4. The topological polar surface area (TPSA) is 73.8 Å². The zero-order valence-electron chi connectivity index (χ0n) is 16.3. The van der Waals surface area contributed by atoms with E-state index in [2.05, 4.69) is 4.99 Å². The molecular weight excluding hydrogens is 423 g/mol. The lowest BCUT2D eigenvalue weighted by molar-refractivity contribution is -0.131. The number of rotatable bonds is 4. The molecule has 0 saturated heterocycles. The summed E-state index contributed by atoms with van der Waals surface area (Å²) >= 11 is 5.90. The first-order valence-electron chi connectivity index (χ1n) is 9.30. The molecule has 4 rings (SSSR count). The van der Waals surface area contributed by atoms with Crippen molar-refractivity contribution in [1.82, 2.24) is 4.57 Å². The standard InChI is InChI=1S/C23H16ClFN2O4/c1-14(28)30-17-8-10-21-18(12-17)22(26-16-7-9-20(25)19(24)11-16)27(23(29)31-21)13-15-5-3-2-4-6-15/h2-12H,13H2,1H3. The maximum absolute atomic E-state index is 13.6. The van der Waals surface area contributed by atoms with Crippen LogP contribution in [0.1, 0.15) is 12.5 Å². The molecule has 0 spiro atoms. The number of benzene rings is 3. The van der Waals surface area contributed by atoms with Crippen molar-refractivity contribution < 1.29 is 18.3 Å². The highest BCUT2D eigenvalue weighted by atomic mass is 35.5. The van der Waals surface area contributed by atoms with Crippen LogP contribution in [0.4, 0.5) is 10.1 Å². The van der Waals surface area contributed by atoms with Gasteiger partial charge < -0.3 is 9.15 Å². The quantitative estimate of drug-likeness (QED) is 0.345. The Morgan fingerprint density at radius 1 is 1.13 bits per heavy atom. The van der Waals surface area contributed by atoms with Gasteiger partial charge in [-0.2, -0.15) is 0 Å². The van der Waals surface area contributed by atoms with Crippen molar-refractivity contribution in [2.45, 2.75) is 13.5 Å². The molecule has 0 fully saturated rings. The number of esters is 1. The molecule has 156 valence electrons. The Hall–Kier alpha value is -3.71. The SMILES string of the molecule is CC(=O)Oc1ccc2oc(=O)n(Cc3ccccc3)c(=Nc3ccc(F)c(Cl)c3)c2c1. The maximum Gasteiger partial charge on any atom is 0.421 e. The van der Waals surface area contributed by atoms with Gasteiger partial charge in [-0.15, -0.1) is 0 Å². The van der Waals surface area contributed by atoms with Crippen LogP contribution in [0.3, 0.4) is 0 Å². The number of halogens is 2. The van der Waals surface area contributed by atoms with Crippen molar-refractivity contribution in [2.75, 3.05) is 0 Å². The van der Waals surface area contributed by atoms with Crippen LogP contribution in [0, 0.1) is 5.82 Å². The van der Waals surface area contributed by atoms with E-state index in [4.69, 9.17) is 20.8 Å². The molecule has 0 saturated carbocycles. The third kappa shape index (κ3) is 4.57. The van der Waals surface area contributed by atoms with E-state index in [-0.39, 0.29) is 28.4 Å². The summed E-state index contributed by atoms with van der Waals surface area (Å²) in [5.41, 5.74) is 1.71. The van der Waals surface area contributed by atoms with Gasteiger partial charge in [-0.25, -0.2) is 14.2 Å². The van der Waals surface area contributed by atoms with E-state index in [1.54, 1.807) is 6.07 Å². The van der Waals surface area contributed by atoms with E-state index in [0.717, 1.165) is 5.56 Å². The van der Waals surface area contributed by atoms with E-state index < -0.39 is 17.5 Å². The van der Waals surface area contributed by atoms with Gasteiger partial charge in [0.2, 0.25) is 0 Å². The summed E-state index contributed by atoms with van der Waals surface area (Å²) in [5, 5.41) is 0.346. The first-order chi connectivity index (χ1) is 14.9. The number of hydrogen-bond donors (Lipinski definition) is 0. The van der Waals surface area contributed by atoms with E-state index in [1.807, 2.05) is 30.3 Å². The van der Waals surface area contributed by atoms with Crippen LogP contribution in [-0.2, 0) is 11.3 Å². The molecule has 0 atom stereocenters. The van der Waals surface area contributed by atoms with E-state index >= 15 is 0 Å². The summed E-state index contributed by atoms with van der Waals surface area (Å²) in [6.45, 7) is 1.47. The highest BCUT2D eigenvalue weighted by Crippen LogP contribution is 2.22. The zero-order chi connectivity index (χ0) is 22.0. The normalized spacial score (nSPS) is 11.6. The summed E-state index contributed by atoms with van der Waals surface area (Å²) < 4.78 is 25.6. The smallest absolute Gasteiger partial charge is 0.421 e. The average Bonchev–Trinajstić information content (AvgIpc) is 2.74. The molecule has 8 heteroatoms. The van der Waals surface area contributed by atoms with Gasteiger partial charge in [-0.05, 0) is 42.0 Å². The molecule has 0 radical (unpaired) electrons. The molecule has 4 aromatic rings. The summed E-state index contributed by atoms with van der Waals surface area (Å²) in [7, 11) is 0. The van der Waals surface area contributed by atoms with Crippen LogP contribution in [-0.4, -0.2) is 10.5 Å². The fraction of sp³-hybridized carbons (Fsp3) is 0.0870. The number of carbonyl (C=O) groups is 1. The van der Waals surface area contributed by atoms with Gasteiger partial charge in [0.25, 0.3) is 0 Å². The summed E-state index contributed by atoms with van der Waals surface area (Å²) in [6, 6.07) is 17.9. The second-order valence-electron chi connectivity index (χ2n) is 6.73. The second kappa shape index (κ2) is 8.57. The minimum atomic E-state index is -0.622. The number of carbonyl (C=O) groups excluding carboxylic acids is 1. The molecule has 31 heavy (non-hydrogen) atoms. The molecule has 0 aliphatic rings. The number of aromatic nitrogens is 1. The van der Waals surface area contributed by atoms with E-state index in [0.29, 0.717) is 11.1 Å². The minimum Gasteiger partial charge on any atom is -0.427 e. The molecule has 0 amide bonds. The lowest BCUT2D eigenvalue weighted by atomic mass is 10.2. The number of fused-ring (bicyclic) bond motifs is 1. The summed E-state index contributed by atoms with van der Waals surface area (Å²) in [4.78, 5) is 28.7. The average molecular weight is 439 g/mol. The Balaban J connectivity index is 2.02. The largest absolute Gasteiger partial charge is 0.427 e. The van der Waals surface area contributed by atoms with Crippen molar-refractivity contribution in [3.8, 4) is 5.75 Å². The van der Waals surface area contributed by atoms with E-state index in [9.17, 15) is 14.0 Å². The van der Waals surface area contributed by atoms with Gasteiger partial charge in [0.05, 0.1) is 22.6 Å². The molecule has 0 N–H and O–H groups in total. The monoisotopic (exact) mass is 438 g/mol. The van der Waals surface area contributed by atoms with Gasteiger partial charge in [-0.3, -0.25) is 9.36 Å². The molecule has 1 aromatic heterocycles. The highest BCUT2D eigenvalue weighted by Gasteiger charge is 2.12. The fourth-order valence-electron chi connectivity index (χ4n) is 3.09. The van der Waals surface area contributed by atoms with Crippen LogP contribution in [0.2, 0.25) is 5.02 Å². The molecule has 0 aliphatic heterocycles. The molecule has 0 bridgehead atoms. The van der Waals surface area contributed by atoms with Gasteiger partial charge in [0.15, 0.2) is 0 Å². The van der Waals surface area contributed by atoms with Crippen LogP contribution < -0.4 is 16.0 Å². The Morgan fingerprint density at radius 3 is 2.61 bits per heavy atom. The first kappa shape index (κ1) is 20.6. The Bertz CT molecular complexity index is 1410. The molecule has 6 nitrogen and oxygen atoms in total. The van der Waals surface area contributed by atoms with Crippen LogP contribution in [0.5, 0.6) is 5.75 Å². The van der Waals surface area contributed by atoms with Crippen molar-refractivity contribution >= 4 is 34.2 Å². The fourth-order valence-corrected chi connectivity index (χ4v) is 3.26. The van der Waals surface area contributed by atoms with Crippen molar-refractivity contribution in [2.24, 2.45) is 4.99 Å². The number of hydrogen-bond acceptors (Lipinski definition) is 5. The number of ether oxygens (including phenoxy) is 1. The predicted octanol–water partition coefficient (Wildman–Crippen LogP) is 4.59. The van der Waals surface area contributed by atoms with Gasteiger partial charge in [0, 0.05) is 6.92 Å². The highest BCUT2D eigenvalue weighted by molar-refractivity contribution is 6.31. The Labute approximate surface area is 180 Å².